The first-order valence-corrected chi connectivity index (χ1v) is 10.9. The van der Waals surface area contributed by atoms with E-state index in [0.29, 0.717) is 18.5 Å². The van der Waals surface area contributed by atoms with Crippen molar-refractivity contribution in [3.63, 3.8) is 0 Å². The van der Waals surface area contributed by atoms with E-state index in [0.717, 1.165) is 24.8 Å². The van der Waals surface area contributed by atoms with Crippen LogP contribution in [0.1, 0.15) is 73.4 Å². The molecule has 0 radical (unpaired) electrons. The van der Waals surface area contributed by atoms with Crippen molar-refractivity contribution in [3.05, 3.63) is 64.7 Å². The van der Waals surface area contributed by atoms with Gasteiger partial charge in [0.2, 0.25) is 6.17 Å². The molecule has 2 N–H and O–H groups in total. The first-order chi connectivity index (χ1) is 15.0. The summed E-state index contributed by atoms with van der Waals surface area (Å²) in [4.78, 5) is 29.7. The van der Waals surface area contributed by atoms with Crippen LogP contribution in [0.3, 0.4) is 0 Å². The molecule has 7 heteroatoms. The molecule has 5 nitrogen and oxygen atoms in total. The molecule has 0 spiro atoms. The number of hydrogen-bond donors (Lipinski definition) is 1. The average Bonchev–Trinajstić information content (AvgIpc) is 2.96. The van der Waals surface area contributed by atoms with E-state index in [1.807, 2.05) is 0 Å². The normalized spacial score (nSPS) is 24.9. The van der Waals surface area contributed by atoms with Gasteiger partial charge in [-0.25, -0.2) is 8.78 Å². The maximum Gasteiger partial charge on any atom is 0.267 e. The summed E-state index contributed by atoms with van der Waals surface area (Å²) in [7, 11) is 0. The van der Waals surface area contributed by atoms with E-state index in [-0.39, 0.29) is 28.1 Å². The minimum absolute atomic E-state index is 0.00714. The molecule has 1 aliphatic carbocycles. The summed E-state index contributed by atoms with van der Waals surface area (Å²) in [5.74, 6) is -2.00. The Kier molecular flexibility index (Phi) is 5.55. The van der Waals surface area contributed by atoms with E-state index in [2.05, 4.69) is 25.8 Å². The summed E-state index contributed by atoms with van der Waals surface area (Å²) in [6.45, 7) is 7.05. The molecular weight excluding hydrogens is 412 g/mol. The minimum Gasteiger partial charge on any atom is -0.364 e. The molecule has 1 aliphatic heterocycles. The van der Waals surface area contributed by atoms with Crippen LogP contribution in [0.5, 0.6) is 0 Å². The standard InChI is InChI=1S/C25H29F2N3O2/c1-24(2)10-17-11-25(3,13-24)14-30(17)23(32)21(27)18-6-4-15(9-19(18)26)8-16-5-7-20(22(28)31)29-12-16/h4-7,9,12,17,21H,8,10-11,13-14H2,1-3H3,(H2,28,31). The summed E-state index contributed by atoms with van der Waals surface area (Å²) >= 11 is 0. The number of primary amides is 1. The Bertz CT molecular complexity index is 1050. The Morgan fingerprint density at radius 3 is 2.53 bits per heavy atom. The minimum atomic E-state index is -2.02. The van der Waals surface area contributed by atoms with Gasteiger partial charge in [-0.2, -0.15) is 0 Å². The summed E-state index contributed by atoms with van der Waals surface area (Å²) in [6, 6.07) is 7.43. The Morgan fingerprint density at radius 1 is 1.19 bits per heavy atom. The molecule has 2 fully saturated rings. The Labute approximate surface area is 187 Å². The highest BCUT2D eigenvalue weighted by Gasteiger charge is 2.52. The van der Waals surface area contributed by atoms with Crippen molar-refractivity contribution in [2.45, 2.75) is 58.7 Å². The maximum atomic E-state index is 15.2. The molecule has 2 bridgehead atoms. The number of hydrogen-bond acceptors (Lipinski definition) is 3. The molecule has 1 aromatic carbocycles. The summed E-state index contributed by atoms with van der Waals surface area (Å²) in [5.41, 5.74) is 6.57. The molecule has 170 valence electrons. The third-order valence-electron chi connectivity index (χ3n) is 6.74. The van der Waals surface area contributed by atoms with Crippen molar-refractivity contribution in [2.24, 2.45) is 16.6 Å². The second-order valence-electron chi connectivity index (χ2n) is 10.5. The van der Waals surface area contributed by atoms with Crippen molar-refractivity contribution < 1.29 is 18.4 Å². The van der Waals surface area contributed by atoms with Crippen molar-refractivity contribution in [1.29, 1.82) is 0 Å². The van der Waals surface area contributed by atoms with Gasteiger partial charge in [-0.05, 0) is 59.8 Å². The van der Waals surface area contributed by atoms with Crippen LogP contribution in [0, 0.1) is 16.6 Å². The Morgan fingerprint density at radius 2 is 1.91 bits per heavy atom. The zero-order valence-electron chi connectivity index (χ0n) is 18.7. The fraction of sp³-hybridized carbons (Fsp3) is 0.480. The number of fused-ring (bicyclic) bond motifs is 2. The monoisotopic (exact) mass is 441 g/mol. The van der Waals surface area contributed by atoms with Crippen LogP contribution in [0.15, 0.2) is 36.5 Å². The van der Waals surface area contributed by atoms with E-state index in [1.54, 1.807) is 17.0 Å². The Hall–Kier alpha value is -2.83. The fourth-order valence-corrected chi connectivity index (χ4v) is 5.79. The van der Waals surface area contributed by atoms with Gasteiger partial charge >= 0.3 is 0 Å². The van der Waals surface area contributed by atoms with Gasteiger partial charge < -0.3 is 10.6 Å². The number of rotatable bonds is 5. The van der Waals surface area contributed by atoms with E-state index >= 15 is 4.39 Å². The van der Waals surface area contributed by atoms with Gasteiger partial charge in [0.25, 0.3) is 11.8 Å². The number of likely N-dealkylation sites (tertiary alicyclic amines) is 1. The third-order valence-corrected chi connectivity index (χ3v) is 6.74. The largest absolute Gasteiger partial charge is 0.364 e. The number of amides is 2. The number of alkyl halides is 1. The van der Waals surface area contributed by atoms with Gasteiger partial charge in [-0.1, -0.05) is 39.0 Å². The lowest BCUT2D eigenvalue weighted by molar-refractivity contribution is -0.138. The number of benzene rings is 1. The molecule has 1 saturated carbocycles. The molecule has 3 atom stereocenters. The van der Waals surface area contributed by atoms with Gasteiger partial charge in [0.15, 0.2) is 0 Å². The molecule has 2 aromatic rings. The van der Waals surface area contributed by atoms with Crippen molar-refractivity contribution in [1.82, 2.24) is 9.88 Å². The first kappa shape index (κ1) is 22.4. The summed E-state index contributed by atoms with van der Waals surface area (Å²) in [6.07, 6.45) is 2.54. The van der Waals surface area contributed by atoms with Gasteiger partial charge in [0.05, 0.1) is 0 Å². The maximum absolute atomic E-state index is 15.2. The van der Waals surface area contributed by atoms with Crippen molar-refractivity contribution >= 4 is 11.8 Å². The quantitative estimate of drug-likeness (QED) is 0.750. The highest BCUT2D eigenvalue weighted by molar-refractivity contribution is 5.90. The summed E-state index contributed by atoms with van der Waals surface area (Å²) < 4.78 is 30.0. The molecular formula is C25H29F2N3O2. The van der Waals surface area contributed by atoms with Crippen molar-refractivity contribution in [2.75, 3.05) is 6.54 Å². The molecule has 2 amide bonds. The lowest BCUT2D eigenvalue weighted by atomic mass is 9.65. The molecule has 2 heterocycles. The van der Waals surface area contributed by atoms with Crippen molar-refractivity contribution in [3.8, 4) is 0 Å². The van der Waals surface area contributed by atoms with E-state index in [1.165, 1.54) is 24.4 Å². The third kappa shape index (κ3) is 4.38. The predicted octanol–water partition coefficient (Wildman–Crippen LogP) is 4.35. The topological polar surface area (TPSA) is 76.3 Å². The zero-order chi connectivity index (χ0) is 23.3. The van der Waals surface area contributed by atoms with E-state index < -0.39 is 23.8 Å². The van der Waals surface area contributed by atoms with Crippen LogP contribution in [0.2, 0.25) is 0 Å². The second kappa shape index (κ2) is 7.94. The molecule has 32 heavy (non-hydrogen) atoms. The van der Waals surface area contributed by atoms with Gasteiger partial charge in [-0.15, -0.1) is 0 Å². The fourth-order valence-electron chi connectivity index (χ4n) is 5.79. The highest BCUT2D eigenvalue weighted by Crippen LogP contribution is 2.53. The molecule has 2 aliphatic rings. The molecule has 1 aromatic heterocycles. The molecule has 1 saturated heterocycles. The van der Waals surface area contributed by atoms with Gasteiger partial charge in [0.1, 0.15) is 11.5 Å². The summed E-state index contributed by atoms with van der Waals surface area (Å²) in [5, 5.41) is 0. The number of carbonyl (C=O) groups excluding carboxylic acids is 2. The van der Waals surface area contributed by atoms with Gasteiger partial charge in [0, 0.05) is 24.3 Å². The average molecular weight is 442 g/mol. The highest BCUT2D eigenvalue weighted by atomic mass is 19.1. The van der Waals surface area contributed by atoms with Crippen LogP contribution < -0.4 is 5.73 Å². The smallest absolute Gasteiger partial charge is 0.267 e. The van der Waals surface area contributed by atoms with Gasteiger partial charge in [-0.3, -0.25) is 14.6 Å². The van der Waals surface area contributed by atoms with E-state index in [4.69, 9.17) is 5.73 Å². The van der Waals surface area contributed by atoms with E-state index in [9.17, 15) is 14.0 Å². The Balaban J connectivity index is 1.48. The van der Waals surface area contributed by atoms with Crippen LogP contribution in [0.4, 0.5) is 8.78 Å². The number of aromatic nitrogens is 1. The SMILES string of the molecule is CC1(C)CC2CC(C)(CN2C(=O)C(F)c2ccc(Cc3ccc(C(N)=O)nc3)cc2F)C1. The lowest BCUT2D eigenvalue weighted by Gasteiger charge is -2.39. The van der Waals surface area contributed by atoms with Crippen LogP contribution in [0.25, 0.3) is 0 Å². The number of nitrogens with two attached hydrogens (primary N) is 1. The first-order valence-electron chi connectivity index (χ1n) is 10.9. The molecule has 3 unspecified atom stereocenters. The number of halogens is 2. The predicted molar refractivity (Wildman–Crippen MR) is 117 cm³/mol. The molecule has 4 rings (SSSR count). The number of nitrogens with zero attached hydrogens (tertiary/aromatic N) is 2. The van der Waals surface area contributed by atoms with Crippen LogP contribution in [-0.4, -0.2) is 34.3 Å². The zero-order valence-corrected chi connectivity index (χ0v) is 18.7. The second-order valence-corrected chi connectivity index (χ2v) is 10.5. The van der Waals surface area contributed by atoms with Crippen LogP contribution >= 0.6 is 0 Å². The van der Waals surface area contributed by atoms with Crippen LogP contribution in [-0.2, 0) is 11.2 Å². The number of carbonyl (C=O) groups is 2. The lowest BCUT2D eigenvalue weighted by Crippen LogP contribution is -2.39. The number of pyridine rings is 1.